The molecule has 162 valence electrons. The van der Waals surface area contributed by atoms with Crippen molar-refractivity contribution in [1.29, 1.82) is 0 Å². The van der Waals surface area contributed by atoms with E-state index >= 15 is 0 Å². The van der Waals surface area contributed by atoms with Gasteiger partial charge < -0.3 is 19.2 Å². The minimum Gasteiger partial charge on any atom is -0.493 e. The number of rotatable bonds is 5. The van der Waals surface area contributed by atoms with Gasteiger partial charge in [0.15, 0.2) is 22.2 Å². The summed E-state index contributed by atoms with van der Waals surface area (Å²) < 4.78 is 16.3. The van der Waals surface area contributed by atoms with Gasteiger partial charge in [0, 0.05) is 16.8 Å². The summed E-state index contributed by atoms with van der Waals surface area (Å²) in [5, 5.41) is 5.94. The number of para-hydroxylation sites is 2. The van der Waals surface area contributed by atoms with E-state index in [9.17, 15) is 4.79 Å². The van der Waals surface area contributed by atoms with Gasteiger partial charge in [0.05, 0.1) is 14.2 Å². The molecule has 0 fully saturated rings. The number of carbonyl (C=O) groups excluding carboxylic acids is 1. The minimum atomic E-state index is -0.365. The van der Waals surface area contributed by atoms with Crippen molar-refractivity contribution in [2.24, 2.45) is 0 Å². The fourth-order valence-corrected chi connectivity index (χ4v) is 3.39. The van der Waals surface area contributed by atoms with Crippen molar-refractivity contribution in [3.05, 3.63) is 71.8 Å². The first-order valence-electron chi connectivity index (χ1n) is 9.79. The molecule has 4 rings (SSSR count). The van der Waals surface area contributed by atoms with E-state index in [0.717, 1.165) is 27.9 Å². The highest BCUT2D eigenvalue weighted by Crippen LogP contribution is 2.29. The summed E-state index contributed by atoms with van der Waals surface area (Å²) in [5.41, 5.74) is 4.38. The number of amides is 1. The second kappa shape index (κ2) is 9.07. The van der Waals surface area contributed by atoms with E-state index in [0.29, 0.717) is 23.0 Å². The molecular formula is C24H21N3O4S. The van der Waals surface area contributed by atoms with Crippen LogP contribution in [0.2, 0.25) is 0 Å². The summed E-state index contributed by atoms with van der Waals surface area (Å²) in [5.74, 6) is 1.14. The Morgan fingerprint density at radius 1 is 1.00 bits per heavy atom. The number of carbonyl (C=O) groups is 1. The second-order valence-corrected chi connectivity index (χ2v) is 7.40. The van der Waals surface area contributed by atoms with Gasteiger partial charge in [-0.1, -0.05) is 18.2 Å². The molecule has 8 heteroatoms. The standard InChI is InChI=1S/C24H21N3O4S/c1-14-8-9-16(23-25-17-6-4-5-7-19(17)31-23)12-18(14)26-24(32)27-22(28)15-10-11-20(29-2)21(13-15)30-3/h4-13H,1-3H3,(H2,26,27,28,32). The molecule has 7 nitrogen and oxygen atoms in total. The van der Waals surface area contributed by atoms with Crippen LogP contribution in [0.3, 0.4) is 0 Å². The number of hydrogen-bond acceptors (Lipinski definition) is 6. The lowest BCUT2D eigenvalue weighted by molar-refractivity contribution is 0.0977. The van der Waals surface area contributed by atoms with Crippen LogP contribution >= 0.6 is 12.2 Å². The number of aromatic nitrogens is 1. The van der Waals surface area contributed by atoms with Gasteiger partial charge in [-0.25, -0.2) is 4.98 Å². The zero-order chi connectivity index (χ0) is 22.7. The van der Waals surface area contributed by atoms with E-state index < -0.39 is 0 Å². The number of aryl methyl sites for hydroxylation is 1. The summed E-state index contributed by atoms with van der Waals surface area (Å²) in [6.07, 6.45) is 0. The molecule has 0 aliphatic carbocycles. The monoisotopic (exact) mass is 447 g/mol. The molecule has 2 N–H and O–H groups in total. The van der Waals surface area contributed by atoms with Crippen LogP contribution in [0.15, 0.2) is 65.1 Å². The van der Waals surface area contributed by atoms with E-state index in [-0.39, 0.29) is 11.0 Å². The van der Waals surface area contributed by atoms with Crippen molar-refractivity contribution in [1.82, 2.24) is 10.3 Å². The molecule has 0 bridgehead atoms. The molecule has 3 aromatic carbocycles. The maximum absolute atomic E-state index is 12.6. The number of hydrogen-bond donors (Lipinski definition) is 2. The van der Waals surface area contributed by atoms with E-state index in [1.165, 1.54) is 14.2 Å². The number of methoxy groups -OCH3 is 2. The van der Waals surface area contributed by atoms with Gasteiger partial charge in [-0.05, 0) is 67.2 Å². The Bertz CT molecular complexity index is 1280. The van der Waals surface area contributed by atoms with Gasteiger partial charge in [-0.15, -0.1) is 0 Å². The number of oxazole rings is 1. The van der Waals surface area contributed by atoms with Gasteiger partial charge in [-0.3, -0.25) is 10.1 Å². The highest BCUT2D eigenvalue weighted by molar-refractivity contribution is 7.80. The van der Waals surface area contributed by atoms with Gasteiger partial charge >= 0.3 is 0 Å². The van der Waals surface area contributed by atoms with Crippen LogP contribution in [0.4, 0.5) is 5.69 Å². The van der Waals surface area contributed by atoms with E-state index in [1.807, 2.05) is 49.4 Å². The van der Waals surface area contributed by atoms with Crippen molar-refractivity contribution in [2.75, 3.05) is 19.5 Å². The Morgan fingerprint density at radius 2 is 1.78 bits per heavy atom. The molecule has 0 saturated carbocycles. The van der Waals surface area contributed by atoms with Crippen LogP contribution in [0.1, 0.15) is 15.9 Å². The number of thiocarbonyl (C=S) groups is 1. The molecule has 32 heavy (non-hydrogen) atoms. The number of nitrogens with one attached hydrogen (secondary N) is 2. The van der Waals surface area contributed by atoms with Crippen LogP contribution < -0.4 is 20.1 Å². The van der Waals surface area contributed by atoms with E-state index in [2.05, 4.69) is 15.6 Å². The average Bonchev–Trinajstić information content (AvgIpc) is 3.24. The summed E-state index contributed by atoms with van der Waals surface area (Å²) in [7, 11) is 3.05. The zero-order valence-electron chi connectivity index (χ0n) is 17.8. The lowest BCUT2D eigenvalue weighted by atomic mass is 10.1. The SMILES string of the molecule is COc1ccc(C(=O)NC(=S)Nc2cc(-c3nc4ccccc4o3)ccc2C)cc1OC. The Morgan fingerprint density at radius 3 is 2.53 bits per heavy atom. The van der Waals surface area contributed by atoms with Crippen LogP contribution in [-0.2, 0) is 0 Å². The lowest BCUT2D eigenvalue weighted by Gasteiger charge is -2.13. The van der Waals surface area contributed by atoms with Crippen molar-refractivity contribution in [3.8, 4) is 23.0 Å². The number of ether oxygens (including phenoxy) is 2. The third-order valence-corrected chi connectivity index (χ3v) is 5.10. The molecule has 4 aromatic rings. The maximum atomic E-state index is 12.6. The predicted molar refractivity (Wildman–Crippen MR) is 127 cm³/mol. The summed E-state index contributed by atoms with van der Waals surface area (Å²) in [6, 6.07) is 18.2. The normalized spacial score (nSPS) is 10.6. The van der Waals surface area contributed by atoms with Gasteiger partial charge in [0.1, 0.15) is 5.52 Å². The van der Waals surface area contributed by atoms with Crippen LogP contribution in [0, 0.1) is 6.92 Å². The molecule has 1 amide bonds. The first kappa shape index (κ1) is 21.3. The smallest absolute Gasteiger partial charge is 0.257 e. The number of nitrogens with zero attached hydrogens (tertiary/aromatic N) is 1. The highest BCUT2D eigenvalue weighted by Gasteiger charge is 2.14. The fraction of sp³-hybridized carbons (Fsp3) is 0.125. The molecule has 0 saturated heterocycles. The highest BCUT2D eigenvalue weighted by atomic mass is 32.1. The fourth-order valence-electron chi connectivity index (χ4n) is 3.19. The van der Waals surface area contributed by atoms with E-state index in [4.69, 9.17) is 26.1 Å². The van der Waals surface area contributed by atoms with Crippen LogP contribution in [0.5, 0.6) is 11.5 Å². The molecule has 1 aromatic heterocycles. The first-order valence-corrected chi connectivity index (χ1v) is 10.2. The third kappa shape index (κ3) is 4.40. The minimum absolute atomic E-state index is 0.169. The second-order valence-electron chi connectivity index (χ2n) is 6.99. The molecule has 0 radical (unpaired) electrons. The predicted octanol–water partition coefficient (Wildman–Crippen LogP) is 4.95. The zero-order valence-corrected chi connectivity index (χ0v) is 18.6. The Balaban J connectivity index is 1.50. The summed E-state index contributed by atoms with van der Waals surface area (Å²) in [4.78, 5) is 17.2. The number of anilines is 1. The first-order chi connectivity index (χ1) is 15.5. The lowest BCUT2D eigenvalue weighted by Crippen LogP contribution is -2.34. The average molecular weight is 448 g/mol. The molecule has 0 spiro atoms. The van der Waals surface area contributed by atoms with Crippen LogP contribution in [0.25, 0.3) is 22.6 Å². The molecule has 1 heterocycles. The van der Waals surface area contributed by atoms with Crippen molar-refractivity contribution < 1.29 is 18.7 Å². The van der Waals surface area contributed by atoms with Crippen LogP contribution in [-0.4, -0.2) is 30.2 Å². The number of fused-ring (bicyclic) bond motifs is 1. The quantitative estimate of drug-likeness (QED) is 0.419. The molecular weight excluding hydrogens is 426 g/mol. The van der Waals surface area contributed by atoms with Crippen molar-refractivity contribution in [2.45, 2.75) is 6.92 Å². The Labute approximate surface area is 190 Å². The van der Waals surface area contributed by atoms with Gasteiger partial charge in [0.2, 0.25) is 5.89 Å². The Hall–Kier alpha value is -3.91. The molecule has 0 unspecified atom stereocenters. The summed E-state index contributed by atoms with van der Waals surface area (Å²) >= 11 is 5.36. The van der Waals surface area contributed by atoms with Crippen molar-refractivity contribution in [3.63, 3.8) is 0 Å². The summed E-state index contributed by atoms with van der Waals surface area (Å²) in [6.45, 7) is 1.94. The van der Waals surface area contributed by atoms with Gasteiger partial charge in [-0.2, -0.15) is 0 Å². The van der Waals surface area contributed by atoms with E-state index in [1.54, 1.807) is 18.2 Å². The molecule has 0 aliphatic rings. The van der Waals surface area contributed by atoms with Crippen molar-refractivity contribution >= 4 is 40.0 Å². The maximum Gasteiger partial charge on any atom is 0.257 e. The van der Waals surface area contributed by atoms with Gasteiger partial charge in [0.25, 0.3) is 5.91 Å². The largest absolute Gasteiger partial charge is 0.493 e. The Kier molecular flexibility index (Phi) is 6.04. The number of benzene rings is 3. The molecule has 0 atom stereocenters. The molecule has 0 aliphatic heterocycles. The third-order valence-electron chi connectivity index (χ3n) is 4.90. The topological polar surface area (TPSA) is 85.6 Å².